The van der Waals surface area contributed by atoms with Gasteiger partial charge in [-0.3, -0.25) is 14.6 Å². The molecule has 35 heavy (non-hydrogen) atoms. The molecule has 1 aromatic rings. The van der Waals surface area contributed by atoms with Crippen LogP contribution in [0.1, 0.15) is 84.1 Å². The minimum Gasteiger partial charge on any atom is -0.392 e. The molecule has 0 aliphatic heterocycles. The van der Waals surface area contributed by atoms with Gasteiger partial charge in [0.05, 0.1) is 6.10 Å². The van der Waals surface area contributed by atoms with E-state index < -0.39 is 6.10 Å². The maximum atomic E-state index is 13.3. The van der Waals surface area contributed by atoms with Gasteiger partial charge in [-0.1, -0.05) is 46.1 Å². The summed E-state index contributed by atoms with van der Waals surface area (Å²) in [4.78, 5) is 32.2. The molecule has 194 valence electrons. The lowest BCUT2D eigenvalue weighted by Gasteiger charge is -2.56. The van der Waals surface area contributed by atoms with E-state index >= 15 is 0 Å². The van der Waals surface area contributed by atoms with Crippen molar-refractivity contribution in [2.24, 2.45) is 35.0 Å². The molecule has 6 nitrogen and oxygen atoms in total. The van der Waals surface area contributed by atoms with Crippen molar-refractivity contribution in [2.45, 2.75) is 97.2 Å². The van der Waals surface area contributed by atoms with Crippen molar-refractivity contribution in [1.82, 2.24) is 15.2 Å². The normalized spacial score (nSPS) is 34.5. The molecule has 3 fully saturated rings. The maximum Gasteiger partial charge on any atom is 0.225 e. The van der Waals surface area contributed by atoms with Crippen LogP contribution in [0.25, 0.3) is 0 Å². The van der Waals surface area contributed by atoms with Crippen LogP contribution < -0.4 is 5.32 Å². The smallest absolute Gasteiger partial charge is 0.225 e. The molecule has 2 N–H and O–H groups in total. The van der Waals surface area contributed by atoms with E-state index in [1.54, 1.807) is 17.3 Å². The van der Waals surface area contributed by atoms with Gasteiger partial charge in [0.2, 0.25) is 11.8 Å². The number of amides is 2. The molecule has 7 atom stereocenters. The van der Waals surface area contributed by atoms with E-state index in [4.69, 9.17) is 0 Å². The summed E-state index contributed by atoms with van der Waals surface area (Å²) in [6.45, 7) is 7.02. The van der Waals surface area contributed by atoms with Crippen molar-refractivity contribution < 1.29 is 14.7 Å². The molecule has 3 saturated carbocycles. The Labute approximate surface area is 211 Å². The van der Waals surface area contributed by atoms with E-state index in [-0.39, 0.29) is 52.9 Å². The average Bonchev–Trinajstić information content (AvgIpc) is 2.86. The molecule has 2 amide bonds. The molecule has 0 spiro atoms. The quantitative estimate of drug-likeness (QED) is 0.621. The molecule has 0 saturated heterocycles. The van der Waals surface area contributed by atoms with Crippen molar-refractivity contribution in [1.29, 1.82) is 0 Å². The number of aromatic nitrogens is 1. The van der Waals surface area contributed by atoms with Crippen molar-refractivity contribution in [2.75, 3.05) is 7.05 Å². The predicted molar refractivity (Wildman–Crippen MR) is 137 cm³/mol. The predicted octanol–water partition coefficient (Wildman–Crippen LogP) is 4.56. The summed E-state index contributed by atoms with van der Waals surface area (Å²) in [5, 5.41) is 15.1. The number of hydrogen-bond acceptors (Lipinski definition) is 4. The third-order valence-corrected chi connectivity index (χ3v) is 9.74. The SMILES string of the molecule is C[C@H]1[C@@H]2[C@@H](O)[C@H]([C@H](C)C(=O)N(C)Cc3cccnc3)CC[C@@]2(C)CC[C@@H]1NC(=O)C1CCCCC1. The van der Waals surface area contributed by atoms with Crippen molar-refractivity contribution in [3.05, 3.63) is 30.1 Å². The first-order valence-electron chi connectivity index (χ1n) is 13.8. The number of rotatable bonds is 6. The Morgan fingerprint density at radius 2 is 1.91 bits per heavy atom. The highest BCUT2D eigenvalue weighted by atomic mass is 16.3. The number of carbonyl (C=O) groups is 2. The Bertz CT molecular complexity index is 871. The molecule has 0 unspecified atom stereocenters. The van der Waals surface area contributed by atoms with Crippen LogP contribution in [0, 0.1) is 35.0 Å². The van der Waals surface area contributed by atoms with Gasteiger partial charge in [0.15, 0.2) is 0 Å². The van der Waals surface area contributed by atoms with Crippen LogP contribution in [-0.4, -0.2) is 46.0 Å². The molecule has 3 aliphatic carbocycles. The van der Waals surface area contributed by atoms with Gasteiger partial charge in [0.25, 0.3) is 0 Å². The highest BCUT2D eigenvalue weighted by molar-refractivity contribution is 5.79. The first-order chi connectivity index (χ1) is 16.7. The fraction of sp³-hybridized carbons (Fsp3) is 0.759. The maximum absolute atomic E-state index is 13.3. The van der Waals surface area contributed by atoms with Gasteiger partial charge in [0.1, 0.15) is 0 Å². The molecule has 3 aliphatic rings. The Balaban J connectivity index is 1.42. The number of aliphatic hydroxyl groups excluding tert-OH is 1. The highest BCUT2D eigenvalue weighted by Gasteiger charge is 2.54. The zero-order valence-electron chi connectivity index (χ0n) is 22.1. The average molecular weight is 484 g/mol. The molecule has 0 bridgehead atoms. The van der Waals surface area contributed by atoms with E-state index in [9.17, 15) is 14.7 Å². The first-order valence-corrected chi connectivity index (χ1v) is 13.8. The van der Waals surface area contributed by atoms with E-state index in [1.165, 1.54) is 6.42 Å². The van der Waals surface area contributed by atoms with E-state index in [1.807, 2.05) is 26.1 Å². The molecule has 6 heteroatoms. The van der Waals surface area contributed by atoms with Crippen LogP contribution in [0.5, 0.6) is 0 Å². The molecule has 0 radical (unpaired) electrons. The second kappa shape index (κ2) is 11.0. The minimum atomic E-state index is -0.538. The fourth-order valence-corrected chi connectivity index (χ4v) is 7.54. The minimum absolute atomic E-state index is 0.0613. The Kier molecular flexibility index (Phi) is 8.19. The molecular weight excluding hydrogens is 438 g/mol. The summed E-state index contributed by atoms with van der Waals surface area (Å²) in [5.41, 5.74) is 1.07. The third-order valence-electron chi connectivity index (χ3n) is 9.74. The number of aliphatic hydroxyl groups is 1. The second-order valence-electron chi connectivity index (χ2n) is 12.1. The molecule has 1 aromatic heterocycles. The van der Waals surface area contributed by atoms with Crippen molar-refractivity contribution in [3.8, 4) is 0 Å². The standard InChI is InChI=1S/C29H45N3O3/c1-19(28(35)32(4)18-21-9-8-16-30-17-21)23-12-14-29(3)15-13-24(20(2)25(29)26(23)33)31-27(34)22-10-6-5-7-11-22/h8-9,16-17,19-20,22-26,33H,5-7,10-15,18H2,1-4H3,(H,31,34)/t19-,20+,23-,24-,25+,26-,29-/m0/s1. The Morgan fingerprint density at radius 1 is 1.20 bits per heavy atom. The van der Waals surface area contributed by atoms with Gasteiger partial charge in [-0.05, 0) is 73.3 Å². The lowest BCUT2D eigenvalue weighted by atomic mass is 9.51. The molecule has 1 heterocycles. The summed E-state index contributed by atoms with van der Waals surface area (Å²) < 4.78 is 0. The zero-order valence-corrected chi connectivity index (χ0v) is 22.1. The Morgan fingerprint density at radius 3 is 2.60 bits per heavy atom. The number of nitrogens with one attached hydrogen (secondary N) is 1. The van der Waals surface area contributed by atoms with Crippen LogP contribution in [0.3, 0.4) is 0 Å². The van der Waals surface area contributed by atoms with Crippen LogP contribution in [-0.2, 0) is 16.1 Å². The lowest BCUT2D eigenvalue weighted by Crippen LogP contribution is -2.59. The van der Waals surface area contributed by atoms with Crippen LogP contribution in [0.15, 0.2) is 24.5 Å². The summed E-state index contributed by atoms with van der Waals surface area (Å²) in [7, 11) is 1.84. The highest BCUT2D eigenvalue weighted by Crippen LogP contribution is 2.55. The van der Waals surface area contributed by atoms with Crippen LogP contribution in [0.2, 0.25) is 0 Å². The first kappa shape index (κ1) is 26.1. The topological polar surface area (TPSA) is 82.5 Å². The largest absolute Gasteiger partial charge is 0.392 e. The van der Waals surface area contributed by atoms with Crippen LogP contribution in [0.4, 0.5) is 0 Å². The van der Waals surface area contributed by atoms with Gasteiger partial charge >= 0.3 is 0 Å². The van der Waals surface area contributed by atoms with Gasteiger partial charge in [-0.25, -0.2) is 0 Å². The van der Waals surface area contributed by atoms with Crippen LogP contribution >= 0.6 is 0 Å². The van der Waals surface area contributed by atoms with Crippen molar-refractivity contribution >= 4 is 11.8 Å². The Hall–Kier alpha value is -1.95. The third kappa shape index (κ3) is 5.58. The summed E-state index contributed by atoms with van der Waals surface area (Å²) in [6, 6.07) is 3.97. The van der Waals surface area contributed by atoms with Gasteiger partial charge in [0, 0.05) is 43.9 Å². The fourth-order valence-electron chi connectivity index (χ4n) is 7.54. The van der Waals surface area contributed by atoms with E-state index in [2.05, 4.69) is 24.1 Å². The summed E-state index contributed by atoms with van der Waals surface area (Å²) >= 11 is 0. The monoisotopic (exact) mass is 483 g/mol. The van der Waals surface area contributed by atoms with Gasteiger partial charge in [-0.2, -0.15) is 0 Å². The lowest BCUT2D eigenvalue weighted by molar-refractivity contribution is -0.150. The van der Waals surface area contributed by atoms with E-state index in [0.29, 0.717) is 6.54 Å². The molecular formula is C29H45N3O3. The second-order valence-corrected chi connectivity index (χ2v) is 12.1. The zero-order chi connectivity index (χ0) is 25.2. The number of pyridine rings is 1. The molecule has 4 rings (SSSR count). The summed E-state index contributed by atoms with van der Waals surface area (Å²) in [5.74, 6) is 0.411. The van der Waals surface area contributed by atoms with Gasteiger partial charge < -0.3 is 15.3 Å². The summed E-state index contributed by atoms with van der Waals surface area (Å²) in [6.07, 6.45) is 12.4. The number of hydrogen-bond donors (Lipinski definition) is 2. The van der Waals surface area contributed by atoms with Gasteiger partial charge in [-0.15, -0.1) is 0 Å². The van der Waals surface area contributed by atoms with Crippen molar-refractivity contribution in [3.63, 3.8) is 0 Å². The number of fused-ring (bicyclic) bond motifs is 1. The molecule has 0 aromatic carbocycles. The number of nitrogens with zero attached hydrogens (tertiary/aromatic N) is 2. The number of carbonyl (C=O) groups excluding carboxylic acids is 2. The van der Waals surface area contributed by atoms with E-state index in [0.717, 1.165) is 56.9 Å².